The van der Waals surface area contributed by atoms with Gasteiger partial charge in [-0.25, -0.2) is 0 Å². The maximum Gasteiger partial charge on any atom is 0.225 e. The van der Waals surface area contributed by atoms with Gasteiger partial charge in [-0.3, -0.25) is 9.59 Å². The van der Waals surface area contributed by atoms with Gasteiger partial charge in [-0.1, -0.05) is 35.3 Å². The van der Waals surface area contributed by atoms with Crippen LogP contribution in [0.3, 0.4) is 0 Å². The molecule has 1 aromatic carbocycles. The molecule has 3 nitrogen and oxygen atoms in total. The third kappa shape index (κ3) is 3.14. The number of hydrogen-bond acceptors (Lipinski definition) is 3. The summed E-state index contributed by atoms with van der Waals surface area (Å²) in [7, 11) is 0. The summed E-state index contributed by atoms with van der Waals surface area (Å²) in [6, 6.07) is 9.37. The fourth-order valence-corrected chi connectivity index (χ4v) is 4.84. The van der Waals surface area contributed by atoms with Crippen LogP contribution in [0.2, 0.25) is 10.0 Å². The van der Waals surface area contributed by atoms with E-state index in [-0.39, 0.29) is 29.9 Å². The zero-order valence-electron chi connectivity index (χ0n) is 13.2. The third-order valence-corrected chi connectivity index (χ3v) is 6.60. The van der Waals surface area contributed by atoms with E-state index in [1.807, 2.05) is 17.5 Å². The molecular formula is C19H15Cl2NO2S. The first-order chi connectivity index (χ1) is 12.0. The highest BCUT2D eigenvalue weighted by Crippen LogP contribution is 2.44. The maximum atomic E-state index is 12.9. The Kier molecular flexibility index (Phi) is 4.44. The molecule has 0 saturated heterocycles. The SMILES string of the molecule is O=C1CC(c2ccc(Cl)c(Cl)c2)C2=C(CC(c3cccs3)CC2=O)N1. The first-order valence-electron chi connectivity index (χ1n) is 8.07. The van der Waals surface area contributed by atoms with Gasteiger partial charge in [0.1, 0.15) is 0 Å². The van der Waals surface area contributed by atoms with E-state index < -0.39 is 0 Å². The van der Waals surface area contributed by atoms with Crippen LogP contribution in [-0.4, -0.2) is 11.7 Å². The van der Waals surface area contributed by atoms with E-state index in [4.69, 9.17) is 23.2 Å². The largest absolute Gasteiger partial charge is 0.329 e. The molecule has 0 radical (unpaired) electrons. The Morgan fingerprint density at radius 1 is 1.04 bits per heavy atom. The van der Waals surface area contributed by atoms with Gasteiger partial charge < -0.3 is 5.32 Å². The van der Waals surface area contributed by atoms with E-state index in [2.05, 4.69) is 11.4 Å². The lowest BCUT2D eigenvalue weighted by Crippen LogP contribution is -2.38. The fraction of sp³-hybridized carbons (Fsp3) is 0.263. The van der Waals surface area contributed by atoms with Crippen LogP contribution in [0.4, 0.5) is 0 Å². The molecule has 2 heterocycles. The number of hydrogen-bond donors (Lipinski definition) is 1. The fourth-order valence-electron chi connectivity index (χ4n) is 3.70. The van der Waals surface area contributed by atoms with Gasteiger partial charge in [-0.15, -0.1) is 11.3 Å². The van der Waals surface area contributed by atoms with Crippen LogP contribution in [0.5, 0.6) is 0 Å². The zero-order chi connectivity index (χ0) is 17.6. The molecule has 2 unspecified atom stereocenters. The van der Waals surface area contributed by atoms with Crippen molar-refractivity contribution in [3.05, 3.63) is 67.5 Å². The summed E-state index contributed by atoms with van der Waals surface area (Å²) < 4.78 is 0. The predicted octanol–water partition coefficient (Wildman–Crippen LogP) is 5.06. The number of rotatable bonds is 2. The lowest BCUT2D eigenvalue weighted by molar-refractivity contribution is -0.122. The molecule has 1 N–H and O–H groups in total. The minimum absolute atomic E-state index is 0.0607. The summed E-state index contributed by atoms with van der Waals surface area (Å²) in [6.45, 7) is 0. The minimum Gasteiger partial charge on any atom is -0.329 e. The molecule has 0 spiro atoms. The standard InChI is InChI=1S/C19H15Cl2NO2S/c20-13-4-3-10(6-14(13)21)12-9-18(24)22-15-7-11(8-16(23)19(12)15)17-2-1-5-25-17/h1-6,11-12H,7-9H2,(H,22,24). The Balaban J connectivity index is 1.74. The first-order valence-corrected chi connectivity index (χ1v) is 9.71. The average molecular weight is 392 g/mol. The van der Waals surface area contributed by atoms with Crippen LogP contribution in [-0.2, 0) is 9.59 Å². The van der Waals surface area contributed by atoms with Crippen LogP contribution >= 0.6 is 34.5 Å². The van der Waals surface area contributed by atoms with E-state index in [1.54, 1.807) is 23.5 Å². The highest BCUT2D eigenvalue weighted by molar-refractivity contribution is 7.10. The van der Waals surface area contributed by atoms with E-state index in [0.717, 1.165) is 16.8 Å². The number of allylic oxidation sites excluding steroid dienone is 2. The second kappa shape index (κ2) is 6.60. The van der Waals surface area contributed by atoms with E-state index in [0.29, 0.717) is 22.9 Å². The highest BCUT2D eigenvalue weighted by Gasteiger charge is 2.38. The second-order valence-corrected chi connectivity index (χ2v) is 8.21. The number of Topliss-reactive ketones (excluding diaryl/α,β-unsaturated/α-hetero) is 1. The van der Waals surface area contributed by atoms with Gasteiger partial charge in [0.05, 0.1) is 10.0 Å². The van der Waals surface area contributed by atoms with Crippen molar-refractivity contribution >= 4 is 46.2 Å². The molecule has 1 amide bonds. The Bertz CT molecular complexity index is 889. The van der Waals surface area contributed by atoms with E-state index in [1.165, 1.54) is 4.88 Å². The monoisotopic (exact) mass is 391 g/mol. The average Bonchev–Trinajstić information content (AvgIpc) is 3.10. The van der Waals surface area contributed by atoms with Crippen molar-refractivity contribution in [1.29, 1.82) is 0 Å². The van der Waals surface area contributed by atoms with Gasteiger partial charge in [0.15, 0.2) is 5.78 Å². The Hall–Kier alpha value is -1.62. The molecule has 0 fully saturated rings. The number of thiophene rings is 1. The highest BCUT2D eigenvalue weighted by atomic mass is 35.5. The quantitative estimate of drug-likeness (QED) is 0.777. The molecule has 1 aliphatic heterocycles. The van der Waals surface area contributed by atoms with Crippen LogP contribution in [0, 0.1) is 0 Å². The lowest BCUT2D eigenvalue weighted by Gasteiger charge is -2.34. The molecule has 2 atom stereocenters. The normalized spacial score (nSPS) is 23.4. The van der Waals surface area contributed by atoms with Crippen molar-refractivity contribution in [3.63, 3.8) is 0 Å². The predicted molar refractivity (Wildman–Crippen MR) is 100 cm³/mol. The summed E-state index contributed by atoms with van der Waals surface area (Å²) in [5, 5.41) is 5.85. The van der Waals surface area contributed by atoms with E-state index in [9.17, 15) is 9.59 Å². The molecule has 6 heteroatoms. The van der Waals surface area contributed by atoms with Crippen molar-refractivity contribution in [2.45, 2.75) is 31.1 Å². The Labute approximate surface area is 159 Å². The number of ketones is 1. The smallest absolute Gasteiger partial charge is 0.225 e. The van der Waals surface area contributed by atoms with Gasteiger partial charge in [0.25, 0.3) is 0 Å². The van der Waals surface area contributed by atoms with Crippen molar-refractivity contribution in [3.8, 4) is 0 Å². The minimum atomic E-state index is -0.254. The summed E-state index contributed by atoms with van der Waals surface area (Å²) in [6.07, 6.45) is 1.42. The van der Waals surface area contributed by atoms with Gasteiger partial charge >= 0.3 is 0 Å². The van der Waals surface area contributed by atoms with Crippen LogP contribution in [0.25, 0.3) is 0 Å². The van der Waals surface area contributed by atoms with Crippen LogP contribution < -0.4 is 5.32 Å². The topological polar surface area (TPSA) is 46.2 Å². The third-order valence-electron chi connectivity index (χ3n) is 4.83. The Morgan fingerprint density at radius 3 is 2.60 bits per heavy atom. The molecule has 4 rings (SSSR count). The van der Waals surface area contributed by atoms with Crippen molar-refractivity contribution < 1.29 is 9.59 Å². The summed E-state index contributed by atoms with van der Waals surface area (Å²) in [4.78, 5) is 26.3. The van der Waals surface area contributed by atoms with E-state index >= 15 is 0 Å². The molecule has 0 bridgehead atoms. The number of nitrogens with one attached hydrogen (secondary N) is 1. The lowest BCUT2D eigenvalue weighted by atomic mass is 9.75. The van der Waals surface area contributed by atoms with Gasteiger partial charge in [0.2, 0.25) is 5.91 Å². The summed E-state index contributed by atoms with van der Waals surface area (Å²) >= 11 is 13.8. The molecule has 0 saturated carbocycles. The first kappa shape index (κ1) is 16.8. The number of amides is 1. The second-order valence-electron chi connectivity index (χ2n) is 6.41. The van der Waals surface area contributed by atoms with Crippen molar-refractivity contribution in [2.75, 3.05) is 0 Å². The number of benzene rings is 1. The molecule has 25 heavy (non-hydrogen) atoms. The van der Waals surface area contributed by atoms with Crippen molar-refractivity contribution in [1.82, 2.24) is 5.32 Å². The summed E-state index contributed by atoms with van der Waals surface area (Å²) in [5.41, 5.74) is 2.35. The molecule has 1 aliphatic carbocycles. The molecule has 128 valence electrons. The van der Waals surface area contributed by atoms with Gasteiger partial charge in [-0.05, 0) is 35.6 Å². The zero-order valence-corrected chi connectivity index (χ0v) is 15.5. The molecule has 1 aromatic heterocycles. The summed E-state index contributed by atoms with van der Waals surface area (Å²) in [5.74, 6) is -0.0698. The number of carbonyl (C=O) groups is 2. The Morgan fingerprint density at radius 2 is 1.88 bits per heavy atom. The molecule has 2 aliphatic rings. The maximum absolute atomic E-state index is 12.9. The van der Waals surface area contributed by atoms with Crippen molar-refractivity contribution in [2.24, 2.45) is 0 Å². The van der Waals surface area contributed by atoms with Gasteiger partial charge in [0, 0.05) is 40.8 Å². The van der Waals surface area contributed by atoms with Gasteiger partial charge in [-0.2, -0.15) is 0 Å². The van der Waals surface area contributed by atoms with Crippen LogP contribution in [0.15, 0.2) is 47.0 Å². The molecular weight excluding hydrogens is 377 g/mol. The number of halogens is 2. The molecule has 2 aromatic rings. The number of carbonyl (C=O) groups excluding carboxylic acids is 2. The van der Waals surface area contributed by atoms with Crippen LogP contribution in [0.1, 0.15) is 41.5 Å².